The van der Waals surface area contributed by atoms with Crippen LogP contribution in [0.25, 0.3) is 11.5 Å². The minimum absolute atomic E-state index is 0.229. The molecule has 96 valence electrons. The molecule has 0 radical (unpaired) electrons. The topological polar surface area (TPSA) is 111 Å². The molecule has 2 aromatic heterocycles. The fourth-order valence-electron chi connectivity index (χ4n) is 1.54. The van der Waals surface area contributed by atoms with Crippen LogP contribution in [-0.4, -0.2) is 32.1 Å². The van der Waals surface area contributed by atoms with Crippen LogP contribution in [-0.2, 0) is 6.42 Å². The maximum atomic E-state index is 8.94. The van der Waals surface area contributed by atoms with Crippen molar-refractivity contribution in [2.45, 2.75) is 26.3 Å². The van der Waals surface area contributed by atoms with Crippen molar-refractivity contribution >= 4 is 0 Å². The maximum Gasteiger partial charge on any atom is 0.259 e. The smallest absolute Gasteiger partial charge is 0.259 e. The van der Waals surface area contributed by atoms with Gasteiger partial charge in [-0.3, -0.25) is 0 Å². The lowest BCUT2D eigenvalue weighted by Gasteiger charge is -2.02. The van der Waals surface area contributed by atoms with Gasteiger partial charge in [0, 0.05) is 0 Å². The van der Waals surface area contributed by atoms with Crippen molar-refractivity contribution in [1.29, 1.82) is 0 Å². The summed E-state index contributed by atoms with van der Waals surface area (Å²) >= 11 is 0. The van der Waals surface area contributed by atoms with E-state index in [-0.39, 0.29) is 12.4 Å². The van der Waals surface area contributed by atoms with Gasteiger partial charge in [-0.05, 0) is 19.4 Å². The molecule has 2 aromatic rings. The first-order chi connectivity index (χ1) is 8.65. The van der Waals surface area contributed by atoms with E-state index in [2.05, 4.69) is 20.3 Å². The third-order valence-corrected chi connectivity index (χ3v) is 2.53. The number of hydrogen-bond acceptors (Lipinski definition) is 7. The molecule has 7 nitrogen and oxygen atoms in total. The molecule has 2 heterocycles. The highest BCUT2D eigenvalue weighted by Gasteiger charge is 2.17. The van der Waals surface area contributed by atoms with Crippen molar-refractivity contribution in [3.63, 3.8) is 0 Å². The first-order valence-electron chi connectivity index (χ1n) is 5.69. The van der Waals surface area contributed by atoms with Gasteiger partial charge < -0.3 is 15.4 Å². The van der Waals surface area contributed by atoms with E-state index in [1.54, 1.807) is 0 Å². The molecule has 2 rings (SSSR count). The van der Waals surface area contributed by atoms with Gasteiger partial charge in [-0.2, -0.15) is 15.2 Å². The van der Waals surface area contributed by atoms with Crippen LogP contribution < -0.4 is 5.73 Å². The Bertz CT molecular complexity index is 540. The lowest BCUT2D eigenvalue weighted by Crippen LogP contribution is -2.15. The fourth-order valence-corrected chi connectivity index (χ4v) is 1.54. The van der Waals surface area contributed by atoms with Gasteiger partial charge in [0.25, 0.3) is 5.89 Å². The van der Waals surface area contributed by atoms with Crippen molar-refractivity contribution in [3.8, 4) is 11.5 Å². The third-order valence-electron chi connectivity index (χ3n) is 2.53. The van der Waals surface area contributed by atoms with E-state index >= 15 is 0 Å². The summed E-state index contributed by atoms with van der Waals surface area (Å²) in [6.07, 6.45) is 0.715. The molecule has 3 N–H and O–H groups in total. The standard InChI is InChI=1S/C11H15N5O2/c1-3-9-7(4-6(2)14-15-9)11-13-10(16-18-11)8(12)5-17/h4,8,17H,3,5,12H2,1-2H3. The zero-order chi connectivity index (χ0) is 13.1. The van der Waals surface area contributed by atoms with Crippen LogP contribution in [0.3, 0.4) is 0 Å². The average Bonchev–Trinajstić information content (AvgIpc) is 2.87. The lowest BCUT2D eigenvalue weighted by molar-refractivity contribution is 0.260. The molecule has 7 heteroatoms. The van der Waals surface area contributed by atoms with Crippen LogP contribution in [0.5, 0.6) is 0 Å². The minimum atomic E-state index is -0.636. The lowest BCUT2D eigenvalue weighted by atomic mass is 10.1. The first kappa shape index (κ1) is 12.6. The number of aliphatic hydroxyl groups excluding tert-OH is 1. The Labute approximate surface area is 104 Å². The Balaban J connectivity index is 2.42. The molecule has 0 saturated heterocycles. The maximum absolute atomic E-state index is 8.94. The summed E-state index contributed by atoms with van der Waals surface area (Å²) < 4.78 is 5.15. The second-order valence-corrected chi connectivity index (χ2v) is 3.95. The van der Waals surface area contributed by atoms with Gasteiger partial charge in [0.1, 0.15) is 0 Å². The number of rotatable bonds is 4. The summed E-state index contributed by atoms with van der Waals surface area (Å²) in [5.41, 5.74) is 7.94. The summed E-state index contributed by atoms with van der Waals surface area (Å²) in [4.78, 5) is 4.17. The molecule has 0 aliphatic carbocycles. The van der Waals surface area contributed by atoms with E-state index < -0.39 is 6.04 Å². The Hall–Kier alpha value is -1.86. The Morgan fingerprint density at radius 2 is 2.22 bits per heavy atom. The van der Waals surface area contributed by atoms with Crippen molar-refractivity contribution in [3.05, 3.63) is 23.3 Å². The van der Waals surface area contributed by atoms with Crippen LogP contribution >= 0.6 is 0 Å². The summed E-state index contributed by atoms with van der Waals surface area (Å²) in [5.74, 6) is 0.632. The van der Waals surface area contributed by atoms with E-state index in [1.807, 2.05) is 19.9 Å². The number of aromatic nitrogens is 4. The molecule has 0 aliphatic rings. The van der Waals surface area contributed by atoms with Crippen molar-refractivity contribution < 1.29 is 9.63 Å². The molecule has 0 amide bonds. The summed E-state index contributed by atoms with van der Waals surface area (Å²) in [5, 5.41) is 20.8. The zero-order valence-corrected chi connectivity index (χ0v) is 10.3. The summed E-state index contributed by atoms with van der Waals surface area (Å²) in [6, 6.07) is 1.21. The van der Waals surface area contributed by atoms with Crippen LogP contribution in [0.1, 0.15) is 30.2 Å². The Kier molecular flexibility index (Phi) is 3.63. The molecular weight excluding hydrogens is 234 g/mol. The van der Waals surface area contributed by atoms with E-state index in [4.69, 9.17) is 15.4 Å². The highest BCUT2D eigenvalue weighted by Crippen LogP contribution is 2.22. The average molecular weight is 249 g/mol. The van der Waals surface area contributed by atoms with Crippen molar-refractivity contribution in [2.75, 3.05) is 6.61 Å². The Morgan fingerprint density at radius 3 is 2.89 bits per heavy atom. The normalized spacial score (nSPS) is 12.7. The van der Waals surface area contributed by atoms with Gasteiger partial charge in [0.05, 0.1) is 29.6 Å². The number of hydrogen-bond donors (Lipinski definition) is 2. The van der Waals surface area contributed by atoms with Gasteiger partial charge >= 0.3 is 0 Å². The zero-order valence-electron chi connectivity index (χ0n) is 10.3. The molecule has 0 aromatic carbocycles. The predicted octanol–water partition coefficient (Wildman–Crippen LogP) is 0.390. The number of aryl methyl sites for hydroxylation is 2. The highest BCUT2D eigenvalue weighted by molar-refractivity contribution is 5.56. The molecule has 0 spiro atoms. The second-order valence-electron chi connectivity index (χ2n) is 3.95. The minimum Gasteiger partial charge on any atom is -0.394 e. The predicted molar refractivity (Wildman–Crippen MR) is 63.5 cm³/mol. The van der Waals surface area contributed by atoms with E-state index in [0.717, 1.165) is 17.0 Å². The van der Waals surface area contributed by atoms with Crippen molar-refractivity contribution in [1.82, 2.24) is 20.3 Å². The molecule has 0 fully saturated rings. The molecule has 1 atom stereocenters. The largest absolute Gasteiger partial charge is 0.394 e. The third kappa shape index (κ3) is 2.36. The first-order valence-corrected chi connectivity index (χ1v) is 5.69. The molecular formula is C11H15N5O2. The SMILES string of the molecule is CCc1nnc(C)cc1-c1nc(C(N)CO)no1. The van der Waals surface area contributed by atoms with Crippen LogP contribution in [0.2, 0.25) is 0 Å². The summed E-state index contributed by atoms with van der Waals surface area (Å²) in [7, 11) is 0. The molecule has 0 bridgehead atoms. The van der Waals surface area contributed by atoms with Gasteiger partial charge in [0.15, 0.2) is 5.82 Å². The molecule has 0 saturated carbocycles. The summed E-state index contributed by atoms with van der Waals surface area (Å²) in [6.45, 7) is 3.58. The quantitative estimate of drug-likeness (QED) is 0.806. The molecule has 1 unspecified atom stereocenters. The molecule has 18 heavy (non-hydrogen) atoms. The highest BCUT2D eigenvalue weighted by atomic mass is 16.5. The van der Waals surface area contributed by atoms with Crippen molar-refractivity contribution in [2.24, 2.45) is 5.73 Å². The molecule has 0 aliphatic heterocycles. The number of aliphatic hydroxyl groups is 1. The second kappa shape index (κ2) is 5.19. The van der Waals surface area contributed by atoms with E-state index in [0.29, 0.717) is 12.3 Å². The van der Waals surface area contributed by atoms with Crippen LogP contribution in [0, 0.1) is 6.92 Å². The van der Waals surface area contributed by atoms with E-state index in [9.17, 15) is 0 Å². The number of nitrogens with two attached hydrogens (primary N) is 1. The van der Waals surface area contributed by atoms with Gasteiger partial charge in [-0.1, -0.05) is 12.1 Å². The van der Waals surface area contributed by atoms with Gasteiger partial charge in [-0.25, -0.2) is 0 Å². The van der Waals surface area contributed by atoms with E-state index in [1.165, 1.54) is 0 Å². The van der Waals surface area contributed by atoms with Crippen LogP contribution in [0.15, 0.2) is 10.6 Å². The number of nitrogens with zero attached hydrogens (tertiary/aromatic N) is 4. The fraction of sp³-hybridized carbons (Fsp3) is 0.455. The monoisotopic (exact) mass is 249 g/mol. The van der Waals surface area contributed by atoms with Gasteiger partial charge in [-0.15, -0.1) is 0 Å². The Morgan fingerprint density at radius 1 is 1.44 bits per heavy atom. The van der Waals surface area contributed by atoms with Gasteiger partial charge in [0.2, 0.25) is 0 Å². The van der Waals surface area contributed by atoms with Crippen LogP contribution in [0.4, 0.5) is 0 Å².